The first-order valence-corrected chi connectivity index (χ1v) is 16.3. The van der Waals surface area contributed by atoms with Gasteiger partial charge in [-0.2, -0.15) is 0 Å². The minimum Gasteiger partial charge on any atom is -0.333 e. The third-order valence-corrected chi connectivity index (χ3v) is 8.94. The number of hydrogen-bond acceptors (Lipinski definition) is 3. The van der Waals surface area contributed by atoms with E-state index in [2.05, 4.69) is 120 Å². The number of aromatic nitrogens is 3. The van der Waals surface area contributed by atoms with Gasteiger partial charge in [0.15, 0.2) is 0 Å². The van der Waals surface area contributed by atoms with Gasteiger partial charge >= 0.3 is 0 Å². The monoisotopic (exact) mass is 824 g/mol. The Labute approximate surface area is 308 Å². The Morgan fingerprint density at radius 1 is 0.771 bits per heavy atom. The largest absolute Gasteiger partial charge is 0.333 e. The topological polar surface area (TPSA) is 30.7 Å². The summed E-state index contributed by atoms with van der Waals surface area (Å²) in [7, 11) is 0. The van der Waals surface area contributed by atoms with Gasteiger partial charge in [-0.15, -0.1) is 46.8 Å². The molecule has 3 heterocycles. The number of fused-ring (bicyclic) bond motifs is 2. The summed E-state index contributed by atoms with van der Waals surface area (Å²) < 4.78 is 47.2. The molecular weight excluding hydrogens is 783 g/mol. The second-order valence-electron chi connectivity index (χ2n) is 11.6. The summed E-state index contributed by atoms with van der Waals surface area (Å²) in [6.07, 6.45) is 1.30. The molecule has 0 N–H and O–H groups in total. The average molecular weight is 824 g/mol. The summed E-state index contributed by atoms with van der Waals surface area (Å²) in [5.74, 6) is 1.44. The van der Waals surface area contributed by atoms with Gasteiger partial charge in [-0.3, -0.25) is 16.3 Å². The van der Waals surface area contributed by atoms with Crippen molar-refractivity contribution in [3.8, 4) is 39.5 Å². The molecule has 0 aliphatic heterocycles. The molecule has 48 heavy (non-hydrogen) atoms. The molecule has 3 aromatic heterocycles. The number of pyridine rings is 1. The second kappa shape index (κ2) is 14.6. The van der Waals surface area contributed by atoms with E-state index in [9.17, 15) is 0 Å². The molecule has 0 saturated carbocycles. The molecule has 0 bridgehead atoms. The van der Waals surface area contributed by atoms with E-state index < -0.39 is 13.7 Å². The molecule has 0 amide bonds. The van der Waals surface area contributed by atoms with Crippen LogP contribution < -0.4 is 0 Å². The molecule has 0 unspecified atom stereocenters. The first-order chi connectivity index (χ1) is 25.4. The van der Waals surface area contributed by atoms with Gasteiger partial charge in [0.25, 0.3) is 0 Å². The van der Waals surface area contributed by atoms with Gasteiger partial charge in [-0.05, 0) is 59.4 Å². The summed E-state index contributed by atoms with van der Waals surface area (Å²) in [5, 5.41) is 4.77. The zero-order valence-electron chi connectivity index (χ0n) is 32.4. The van der Waals surface area contributed by atoms with E-state index in [-0.39, 0.29) is 31.2 Å². The third-order valence-electron chi connectivity index (χ3n) is 8.07. The fourth-order valence-corrected chi connectivity index (χ4v) is 6.43. The molecule has 5 heteroatoms. The van der Waals surface area contributed by atoms with Crippen LogP contribution in [0.2, 0.25) is 0 Å². The Morgan fingerprint density at radius 2 is 1.52 bits per heavy atom. The van der Waals surface area contributed by atoms with E-state index in [1.54, 1.807) is 23.5 Å². The number of para-hydroxylation sites is 2. The van der Waals surface area contributed by atoms with Crippen LogP contribution >= 0.6 is 11.3 Å². The maximum absolute atomic E-state index is 7.28. The van der Waals surface area contributed by atoms with E-state index in [4.69, 9.17) is 13.2 Å². The van der Waals surface area contributed by atoms with Crippen LogP contribution in [0.15, 0.2) is 134 Å². The van der Waals surface area contributed by atoms with Crippen LogP contribution in [0.5, 0.6) is 0 Å². The van der Waals surface area contributed by atoms with E-state index in [0.29, 0.717) is 17.2 Å². The molecule has 239 valence electrons. The van der Waals surface area contributed by atoms with E-state index in [0.717, 1.165) is 28.1 Å². The number of nitrogens with zero attached hydrogens (tertiary/aromatic N) is 3. The normalized spacial score (nSPS) is 13.3. The van der Waals surface area contributed by atoms with Gasteiger partial charge in [0, 0.05) is 40.2 Å². The number of hydrogen-bond donors (Lipinski definition) is 0. The van der Waals surface area contributed by atoms with Gasteiger partial charge in [0.05, 0.1) is 16.9 Å². The fourth-order valence-electron chi connectivity index (χ4n) is 5.54. The van der Waals surface area contributed by atoms with Crippen molar-refractivity contribution in [3.63, 3.8) is 0 Å². The van der Waals surface area contributed by atoms with Gasteiger partial charge in [-0.25, -0.2) is 0 Å². The zero-order chi connectivity index (χ0) is 37.3. The Kier molecular flexibility index (Phi) is 8.01. The smallest absolute Gasteiger partial charge is 0.0774 e. The van der Waals surface area contributed by atoms with Crippen molar-refractivity contribution >= 4 is 32.5 Å². The van der Waals surface area contributed by atoms with Crippen LogP contribution in [0.4, 0.5) is 0 Å². The second-order valence-corrected chi connectivity index (χ2v) is 12.4. The quantitative estimate of drug-likeness (QED) is 0.162. The first-order valence-electron chi connectivity index (χ1n) is 18.4. The summed E-state index contributed by atoms with van der Waals surface area (Å²) in [5.41, 5.74) is 9.59. The van der Waals surface area contributed by atoms with Gasteiger partial charge in [0.2, 0.25) is 0 Å². The number of thiophene rings is 1. The molecule has 0 aliphatic rings. The molecule has 0 spiro atoms. The molecule has 3 nitrogen and oxygen atoms in total. The molecule has 0 saturated heterocycles. The van der Waals surface area contributed by atoms with E-state index in [1.165, 1.54) is 51.2 Å². The predicted molar refractivity (Wildman–Crippen MR) is 198 cm³/mol. The van der Waals surface area contributed by atoms with Crippen molar-refractivity contribution in [2.24, 2.45) is 0 Å². The van der Waals surface area contributed by atoms with Crippen LogP contribution in [0.3, 0.4) is 0 Å². The van der Waals surface area contributed by atoms with E-state index >= 15 is 0 Å². The van der Waals surface area contributed by atoms with Crippen LogP contribution in [0.1, 0.15) is 44.7 Å². The summed E-state index contributed by atoms with van der Waals surface area (Å²) in [4.78, 5) is 9.13. The van der Waals surface area contributed by atoms with Crippen LogP contribution in [0.25, 0.3) is 60.6 Å². The molecule has 5 aromatic carbocycles. The first kappa shape index (κ1) is 26.3. The van der Waals surface area contributed by atoms with Crippen molar-refractivity contribution in [1.82, 2.24) is 14.5 Å². The minimum absolute atomic E-state index is 0. The Morgan fingerprint density at radius 3 is 2.23 bits per heavy atom. The molecule has 0 fully saturated rings. The Balaban J connectivity index is 0.000000205. The molecular formula is C43H35IrN3S-2. The van der Waals surface area contributed by atoms with Crippen molar-refractivity contribution < 1.29 is 28.3 Å². The Hall–Kier alpha value is -4.67. The van der Waals surface area contributed by atoms with Crippen molar-refractivity contribution in [2.45, 2.75) is 33.5 Å². The number of benzene rings is 5. The standard InChI is InChI=1S/C30H23N2S.C13H12N.Ir/c1-20(2)23-14-17-25-26(19-33-29(25)18-23)30-31-27-10-6-7-11-28(27)32(30)24-15-12-22(13-16-24)21-8-4-3-5-9-21;1-10-3-6-12(7-4-10)13-8-5-11(2)9-14-13;/h3-18,20H,1-2H3;3-6,8-9H,1-2H3;/q2*-1;/i;1D3,2D3;. The fraction of sp³-hybridized carbons (Fsp3) is 0.116. The van der Waals surface area contributed by atoms with E-state index in [1.807, 2.05) is 12.1 Å². The number of aryl methyl sites for hydroxylation is 2. The van der Waals surface area contributed by atoms with Crippen LogP contribution in [-0.2, 0) is 20.1 Å². The van der Waals surface area contributed by atoms with Crippen molar-refractivity contribution in [3.05, 3.63) is 162 Å². The van der Waals surface area contributed by atoms with Gasteiger partial charge in [0.1, 0.15) is 0 Å². The molecule has 8 aromatic rings. The molecule has 8 rings (SSSR count). The molecule has 0 atom stereocenters. The van der Waals surface area contributed by atoms with Crippen LogP contribution in [0, 0.1) is 25.2 Å². The summed E-state index contributed by atoms with van der Waals surface area (Å²) in [6, 6.07) is 44.8. The maximum Gasteiger partial charge on any atom is 0.0774 e. The van der Waals surface area contributed by atoms with Crippen molar-refractivity contribution in [2.75, 3.05) is 0 Å². The SMILES string of the molecule is CC(C)c1ccc2c(-c3nc4ccccc4n3-c3ccc(-c4ccccc4)cc3)[c-]sc2c1.[2H]C([2H])([2H])c1c[c-]c(-c2ccc(C([2H])([2H])[2H])cn2)cc1.[Ir]. The summed E-state index contributed by atoms with van der Waals surface area (Å²) in [6.45, 7) is 0.129. The number of imidazole rings is 1. The third kappa shape index (κ3) is 6.95. The zero-order valence-corrected chi connectivity index (χ0v) is 29.6. The van der Waals surface area contributed by atoms with Gasteiger partial charge in [-0.1, -0.05) is 121 Å². The average Bonchev–Trinajstić information content (AvgIpc) is 3.76. The van der Waals surface area contributed by atoms with Crippen LogP contribution in [-0.4, -0.2) is 14.5 Å². The predicted octanol–water partition coefficient (Wildman–Crippen LogP) is 11.7. The minimum atomic E-state index is -2.18. The van der Waals surface area contributed by atoms with Crippen molar-refractivity contribution in [1.29, 1.82) is 0 Å². The molecule has 0 aliphatic carbocycles. The maximum atomic E-state index is 7.28. The molecule has 1 radical (unpaired) electrons. The Bertz CT molecular complexity index is 2430. The van der Waals surface area contributed by atoms with Gasteiger partial charge < -0.3 is 9.55 Å². The number of rotatable bonds is 5. The summed E-state index contributed by atoms with van der Waals surface area (Å²) >= 11 is 1.68.